The summed E-state index contributed by atoms with van der Waals surface area (Å²) in [5.74, 6) is 0.831. The van der Waals surface area contributed by atoms with Crippen LogP contribution < -0.4 is 4.74 Å². The summed E-state index contributed by atoms with van der Waals surface area (Å²) in [6.07, 6.45) is 4.23. The lowest BCUT2D eigenvalue weighted by Crippen LogP contribution is -2.03. The first-order valence-electron chi connectivity index (χ1n) is 5.53. The van der Waals surface area contributed by atoms with Crippen molar-refractivity contribution in [1.29, 1.82) is 0 Å². The maximum absolute atomic E-state index is 11.4. The Morgan fingerprint density at radius 2 is 1.94 bits per heavy atom. The average molecular weight is 218 g/mol. The molecular weight excluding hydrogens is 200 g/mol. The zero-order valence-electron chi connectivity index (χ0n) is 10.1. The third-order valence-corrected chi connectivity index (χ3v) is 2.10. The van der Waals surface area contributed by atoms with Crippen LogP contribution in [0.1, 0.15) is 25.8 Å². The van der Waals surface area contributed by atoms with Gasteiger partial charge in [0, 0.05) is 6.08 Å². The molecule has 0 radical (unpaired) electrons. The van der Waals surface area contributed by atoms with Gasteiger partial charge in [0.05, 0.1) is 0 Å². The molecule has 16 heavy (non-hydrogen) atoms. The van der Waals surface area contributed by atoms with Gasteiger partial charge in [-0.2, -0.15) is 0 Å². The van der Waals surface area contributed by atoms with E-state index in [1.807, 2.05) is 25.1 Å². The molecule has 0 bridgehead atoms. The summed E-state index contributed by atoms with van der Waals surface area (Å²) in [4.78, 5) is 11.4. The molecule has 0 heterocycles. The molecule has 0 atom stereocenters. The zero-order valence-corrected chi connectivity index (χ0v) is 10.1. The minimum Gasteiger partial charge on any atom is -0.423 e. The van der Waals surface area contributed by atoms with Gasteiger partial charge in [-0.05, 0) is 31.4 Å². The zero-order chi connectivity index (χ0) is 12.0. The molecule has 0 amide bonds. The van der Waals surface area contributed by atoms with Crippen molar-refractivity contribution in [3.63, 3.8) is 0 Å². The van der Waals surface area contributed by atoms with E-state index >= 15 is 0 Å². The van der Waals surface area contributed by atoms with Crippen LogP contribution in [0.25, 0.3) is 0 Å². The first-order chi connectivity index (χ1) is 7.58. The summed E-state index contributed by atoms with van der Waals surface area (Å²) in [7, 11) is 0. The van der Waals surface area contributed by atoms with Crippen molar-refractivity contribution in [2.24, 2.45) is 5.92 Å². The van der Waals surface area contributed by atoms with Crippen molar-refractivity contribution in [3.05, 3.63) is 42.0 Å². The van der Waals surface area contributed by atoms with E-state index in [2.05, 4.69) is 13.8 Å². The van der Waals surface area contributed by atoms with Crippen molar-refractivity contribution in [2.45, 2.75) is 27.2 Å². The molecule has 0 saturated heterocycles. The fourth-order valence-electron chi connectivity index (χ4n) is 1.19. The molecule has 0 unspecified atom stereocenters. The Hall–Kier alpha value is -1.57. The Bertz CT molecular complexity index is 361. The summed E-state index contributed by atoms with van der Waals surface area (Å²) in [6.45, 7) is 6.21. The van der Waals surface area contributed by atoms with Crippen molar-refractivity contribution in [1.82, 2.24) is 0 Å². The summed E-state index contributed by atoms with van der Waals surface area (Å²) in [5, 5.41) is 0. The van der Waals surface area contributed by atoms with Gasteiger partial charge >= 0.3 is 5.97 Å². The summed E-state index contributed by atoms with van der Waals surface area (Å²) >= 11 is 0. The number of esters is 1. The van der Waals surface area contributed by atoms with E-state index in [0.29, 0.717) is 11.7 Å². The van der Waals surface area contributed by atoms with Gasteiger partial charge in [-0.25, -0.2) is 4.79 Å². The van der Waals surface area contributed by atoms with Crippen LogP contribution >= 0.6 is 0 Å². The minimum absolute atomic E-state index is 0.315. The third kappa shape index (κ3) is 4.78. The fourth-order valence-corrected chi connectivity index (χ4v) is 1.19. The molecule has 1 rings (SSSR count). The number of hydrogen-bond donors (Lipinski definition) is 0. The van der Waals surface area contributed by atoms with Gasteiger partial charge in [-0.3, -0.25) is 0 Å². The third-order valence-electron chi connectivity index (χ3n) is 2.10. The van der Waals surface area contributed by atoms with Crippen molar-refractivity contribution >= 4 is 5.97 Å². The lowest BCUT2D eigenvalue weighted by Gasteiger charge is -2.01. The fraction of sp³-hybridized carbons (Fsp3) is 0.357. The number of allylic oxidation sites excluding steroid dienone is 1. The van der Waals surface area contributed by atoms with Gasteiger partial charge in [0.15, 0.2) is 0 Å². The van der Waals surface area contributed by atoms with Crippen LogP contribution in [0.4, 0.5) is 0 Å². The van der Waals surface area contributed by atoms with E-state index in [4.69, 9.17) is 4.74 Å². The molecule has 86 valence electrons. The van der Waals surface area contributed by atoms with Crippen molar-refractivity contribution in [2.75, 3.05) is 0 Å². The SMILES string of the molecule is Cc1ccc(OC(=O)/C=C/CC(C)C)cc1. The molecule has 2 nitrogen and oxygen atoms in total. The van der Waals surface area contributed by atoms with E-state index in [1.54, 1.807) is 12.1 Å². The monoisotopic (exact) mass is 218 g/mol. The Balaban J connectivity index is 2.45. The van der Waals surface area contributed by atoms with Crippen LogP contribution in [0.15, 0.2) is 36.4 Å². The van der Waals surface area contributed by atoms with Gasteiger partial charge in [0.1, 0.15) is 5.75 Å². The van der Waals surface area contributed by atoms with E-state index < -0.39 is 0 Å². The number of hydrogen-bond acceptors (Lipinski definition) is 2. The summed E-state index contributed by atoms with van der Waals surface area (Å²) < 4.78 is 5.13. The van der Waals surface area contributed by atoms with Crippen LogP contribution in [0.2, 0.25) is 0 Å². The first-order valence-corrected chi connectivity index (χ1v) is 5.53. The second-order valence-corrected chi connectivity index (χ2v) is 4.27. The summed E-state index contributed by atoms with van der Waals surface area (Å²) in [5.41, 5.74) is 1.15. The maximum atomic E-state index is 11.4. The largest absolute Gasteiger partial charge is 0.423 e. The number of carbonyl (C=O) groups excluding carboxylic acids is 1. The molecule has 2 heteroatoms. The highest BCUT2D eigenvalue weighted by molar-refractivity contribution is 5.83. The van der Waals surface area contributed by atoms with Crippen LogP contribution in [-0.4, -0.2) is 5.97 Å². The Morgan fingerprint density at radius 1 is 1.31 bits per heavy atom. The second-order valence-electron chi connectivity index (χ2n) is 4.27. The van der Waals surface area contributed by atoms with E-state index in [9.17, 15) is 4.79 Å². The van der Waals surface area contributed by atoms with Crippen LogP contribution in [-0.2, 0) is 4.79 Å². The Morgan fingerprint density at radius 3 is 2.50 bits per heavy atom. The molecule has 0 saturated carbocycles. The smallest absolute Gasteiger partial charge is 0.335 e. The van der Waals surface area contributed by atoms with Crippen LogP contribution in [0.3, 0.4) is 0 Å². The highest BCUT2D eigenvalue weighted by Gasteiger charge is 1.99. The van der Waals surface area contributed by atoms with Gasteiger partial charge in [0.25, 0.3) is 0 Å². The van der Waals surface area contributed by atoms with Gasteiger partial charge in [0.2, 0.25) is 0 Å². The van der Waals surface area contributed by atoms with Crippen molar-refractivity contribution < 1.29 is 9.53 Å². The predicted molar refractivity (Wildman–Crippen MR) is 65.4 cm³/mol. The molecule has 1 aromatic rings. The Kier molecular flexibility index (Phi) is 4.77. The molecule has 0 aliphatic carbocycles. The normalized spacial score (nSPS) is 11.0. The van der Waals surface area contributed by atoms with Gasteiger partial charge in [-0.1, -0.05) is 37.6 Å². The standard InChI is InChI=1S/C14H18O2/c1-11(2)5-4-6-14(15)16-13-9-7-12(3)8-10-13/h4,6-11H,5H2,1-3H3/b6-4+. The Labute approximate surface area is 96.9 Å². The first kappa shape index (κ1) is 12.5. The topological polar surface area (TPSA) is 26.3 Å². The molecule has 0 spiro atoms. The molecule has 0 fully saturated rings. The average Bonchev–Trinajstić information content (AvgIpc) is 2.21. The van der Waals surface area contributed by atoms with Gasteiger partial charge < -0.3 is 4.74 Å². The quantitative estimate of drug-likeness (QED) is 0.439. The number of benzene rings is 1. The van der Waals surface area contributed by atoms with E-state index in [1.165, 1.54) is 6.08 Å². The van der Waals surface area contributed by atoms with Crippen LogP contribution in [0, 0.1) is 12.8 Å². The maximum Gasteiger partial charge on any atom is 0.335 e. The van der Waals surface area contributed by atoms with Crippen molar-refractivity contribution in [3.8, 4) is 5.75 Å². The molecule has 0 N–H and O–H groups in total. The number of ether oxygens (including phenoxy) is 1. The number of aryl methyl sites for hydroxylation is 1. The number of carbonyl (C=O) groups is 1. The minimum atomic E-state index is -0.315. The summed E-state index contributed by atoms with van der Waals surface area (Å²) in [6, 6.07) is 7.42. The predicted octanol–water partition coefficient (Wildman–Crippen LogP) is 3.50. The van der Waals surface area contributed by atoms with E-state index in [0.717, 1.165) is 12.0 Å². The van der Waals surface area contributed by atoms with E-state index in [-0.39, 0.29) is 5.97 Å². The molecular formula is C14H18O2. The van der Waals surface area contributed by atoms with Gasteiger partial charge in [-0.15, -0.1) is 0 Å². The second kappa shape index (κ2) is 6.11. The highest BCUT2D eigenvalue weighted by atomic mass is 16.5. The van der Waals surface area contributed by atoms with Crippen LogP contribution in [0.5, 0.6) is 5.75 Å². The highest BCUT2D eigenvalue weighted by Crippen LogP contribution is 2.11. The lowest BCUT2D eigenvalue weighted by atomic mass is 10.1. The lowest BCUT2D eigenvalue weighted by molar-refractivity contribution is -0.129. The number of rotatable bonds is 4. The molecule has 0 aliphatic heterocycles. The molecule has 1 aromatic carbocycles. The molecule has 0 aromatic heterocycles. The molecule has 0 aliphatic rings.